The molecule has 0 heterocycles. The van der Waals surface area contributed by atoms with Crippen LogP contribution in [-0.4, -0.2) is 5.97 Å². The molecule has 124 valence electrons. The van der Waals surface area contributed by atoms with Crippen molar-refractivity contribution in [3.8, 4) is 0 Å². The highest BCUT2D eigenvalue weighted by Gasteiger charge is 2.16. The molecule has 1 aliphatic carbocycles. The Morgan fingerprint density at radius 2 is 1.75 bits per heavy atom. The minimum Gasteiger partial charge on any atom is -0.344 e. The lowest BCUT2D eigenvalue weighted by molar-refractivity contribution is -0.149. The first kappa shape index (κ1) is 16.3. The van der Waals surface area contributed by atoms with E-state index in [9.17, 15) is 4.79 Å². The SMILES string of the molecule is O=C(CCc1ccccc1)ONC1=CCC(c2ccccc2)CC1. The minimum atomic E-state index is -0.218. The lowest BCUT2D eigenvalue weighted by atomic mass is 9.87. The van der Waals surface area contributed by atoms with E-state index < -0.39 is 0 Å². The third-order valence-electron chi connectivity index (χ3n) is 4.44. The van der Waals surface area contributed by atoms with Crippen LogP contribution in [0.1, 0.15) is 42.7 Å². The Morgan fingerprint density at radius 3 is 2.42 bits per heavy atom. The van der Waals surface area contributed by atoms with Crippen LogP contribution in [0.2, 0.25) is 0 Å². The standard InChI is InChI=1S/C21H23NO2/c23-21(16-11-17-7-3-1-4-8-17)24-22-20-14-12-19(13-15-20)18-9-5-2-6-10-18/h1-10,14,19,22H,11-13,15-16H2. The second kappa shape index (κ2) is 8.34. The van der Waals surface area contributed by atoms with Crippen LogP contribution in [0.3, 0.4) is 0 Å². The van der Waals surface area contributed by atoms with Crippen molar-refractivity contribution in [3.05, 3.63) is 83.6 Å². The molecular weight excluding hydrogens is 298 g/mol. The molecule has 1 atom stereocenters. The van der Waals surface area contributed by atoms with E-state index in [0.29, 0.717) is 18.8 Å². The van der Waals surface area contributed by atoms with Crippen LogP contribution in [0.5, 0.6) is 0 Å². The molecule has 0 fully saturated rings. The average molecular weight is 321 g/mol. The Hall–Kier alpha value is -2.55. The largest absolute Gasteiger partial charge is 0.344 e. The summed E-state index contributed by atoms with van der Waals surface area (Å²) in [5.41, 5.74) is 6.38. The number of aryl methyl sites for hydroxylation is 1. The van der Waals surface area contributed by atoms with E-state index in [0.717, 1.165) is 30.5 Å². The van der Waals surface area contributed by atoms with Crippen molar-refractivity contribution in [2.75, 3.05) is 0 Å². The number of hydroxylamine groups is 1. The number of benzene rings is 2. The Kier molecular flexibility index (Phi) is 5.67. The first-order chi connectivity index (χ1) is 11.8. The van der Waals surface area contributed by atoms with Gasteiger partial charge in [0.05, 0.1) is 6.42 Å². The third kappa shape index (κ3) is 4.72. The molecule has 0 spiro atoms. The van der Waals surface area contributed by atoms with E-state index in [1.54, 1.807) is 0 Å². The van der Waals surface area contributed by atoms with Crippen LogP contribution in [-0.2, 0) is 16.1 Å². The highest BCUT2D eigenvalue weighted by atomic mass is 16.7. The van der Waals surface area contributed by atoms with E-state index in [-0.39, 0.29) is 5.97 Å². The Morgan fingerprint density at radius 1 is 1.04 bits per heavy atom. The van der Waals surface area contributed by atoms with Gasteiger partial charge in [-0.05, 0) is 42.7 Å². The first-order valence-electron chi connectivity index (χ1n) is 8.55. The molecule has 3 nitrogen and oxygen atoms in total. The number of allylic oxidation sites excluding steroid dienone is 2. The van der Waals surface area contributed by atoms with Crippen LogP contribution in [0, 0.1) is 0 Å². The van der Waals surface area contributed by atoms with Gasteiger partial charge in [-0.15, -0.1) is 0 Å². The summed E-state index contributed by atoms with van der Waals surface area (Å²) in [6, 6.07) is 20.6. The van der Waals surface area contributed by atoms with Gasteiger partial charge in [-0.2, -0.15) is 0 Å². The summed E-state index contributed by atoms with van der Waals surface area (Å²) < 4.78 is 0. The summed E-state index contributed by atoms with van der Waals surface area (Å²) in [5.74, 6) is 0.343. The van der Waals surface area contributed by atoms with Gasteiger partial charge in [0.15, 0.2) is 0 Å². The van der Waals surface area contributed by atoms with Crippen molar-refractivity contribution in [2.45, 2.75) is 38.0 Å². The van der Waals surface area contributed by atoms with Crippen molar-refractivity contribution in [3.63, 3.8) is 0 Å². The van der Waals surface area contributed by atoms with Crippen molar-refractivity contribution < 1.29 is 9.63 Å². The van der Waals surface area contributed by atoms with Gasteiger partial charge >= 0.3 is 5.97 Å². The second-order valence-electron chi connectivity index (χ2n) is 6.17. The highest BCUT2D eigenvalue weighted by molar-refractivity contribution is 5.69. The number of nitrogens with one attached hydrogen (secondary N) is 1. The summed E-state index contributed by atoms with van der Waals surface area (Å²) in [4.78, 5) is 17.0. The van der Waals surface area contributed by atoms with Crippen LogP contribution in [0.25, 0.3) is 0 Å². The van der Waals surface area contributed by atoms with Crippen LogP contribution in [0.15, 0.2) is 72.4 Å². The van der Waals surface area contributed by atoms with E-state index in [1.807, 2.05) is 36.4 Å². The number of hydrogen-bond donors (Lipinski definition) is 1. The molecule has 1 aliphatic rings. The number of rotatable bonds is 6. The predicted molar refractivity (Wildman–Crippen MR) is 95.1 cm³/mol. The Bertz CT molecular complexity index is 679. The fraction of sp³-hybridized carbons (Fsp3) is 0.286. The summed E-state index contributed by atoms with van der Waals surface area (Å²) in [6.45, 7) is 0. The van der Waals surface area contributed by atoms with Gasteiger partial charge in [-0.1, -0.05) is 66.7 Å². The molecule has 24 heavy (non-hydrogen) atoms. The molecule has 0 aliphatic heterocycles. The lowest BCUT2D eigenvalue weighted by Crippen LogP contribution is -2.22. The smallest absolute Gasteiger partial charge is 0.332 e. The van der Waals surface area contributed by atoms with E-state index in [4.69, 9.17) is 4.84 Å². The molecule has 1 N–H and O–H groups in total. The first-order valence-corrected chi connectivity index (χ1v) is 8.55. The number of carbonyl (C=O) groups is 1. The zero-order valence-corrected chi connectivity index (χ0v) is 13.8. The lowest BCUT2D eigenvalue weighted by Gasteiger charge is -2.22. The molecule has 0 amide bonds. The van der Waals surface area contributed by atoms with Gasteiger partial charge < -0.3 is 4.84 Å². The summed E-state index contributed by atoms with van der Waals surface area (Å²) in [5, 5.41) is 0. The zero-order chi connectivity index (χ0) is 16.6. The maximum absolute atomic E-state index is 11.8. The van der Waals surface area contributed by atoms with Gasteiger partial charge in [-0.25, -0.2) is 10.3 Å². The molecule has 0 radical (unpaired) electrons. The summed E-state index contributed by atoms with van der Waals surface area (Å²) in [6.07, 6.45) is 6.20. The number of carbonyl (C=O) groups excluding carboxylic acids is 1. The zero-order valence-electron chi connectivity index (χ0n) is 13.8. The minimum absolute atomic E-state index is 0.218. The maximum Gasteiger partial charge on any atom is 0.332 e. The molecule has 0 saturated heterocycles. The molecule has 3 heteroatoms. The molecule has 0 saturated carbocycles. The summed E-state index contributed by atoms with van der Waals surface area (Å²) in [7, 11) is 0. The van der Waals surface area contributed by atoms with Gasteiger partial charge in [-0.3, -0.25) is 0 Å². The van der Waals surface area contributed by atoms with Gasteiger partial charge in [0, 0.05) is 5.70 Å². The monoisotopic (exact) mass is 321 g/mol. The van der Waals surface area contributed by atoms with Crippen molar-refractivity contribution in [2.24, 2.45) is 0 Å². The fourth-order valence-electron chi connectivity index (χ4n) is 3.02. The van der Waals surface area contributed by atoms with Crippen molar-refractivity contribution in [1.82, 2.24) is 5.48 Å². The summed E-state index contributed by atoms with van der Waals surface area (Å²) >= 11 is 0. The molecule has 2 aromatic carbocycles. The van der Waals surface area contributed by atoms with Crippen LogP contribution in [0.4, 0.5) is 0 Å². The van der Waals surface area contributed by atoms with Crippen LogP contribution < -0.4 is 5.48 Å². The maximum atomic E-state index is 11.8. The second-order valence-corrected chi connectivity index (χ2v) is 6.17. The Balaban J connectivity index is 1.41. The molecule has 2 aromatic rings. The normalized spacial score (nSPS) is 17.0. The number of hydrogen-bond acceptors (Lipinski definition) is 3. The Labute approximate surface area is 143 Å². The molecule has 1 unspecified atom stereocenters. The average Bonchev–Trinajstić information content (AvgIpc) is 2.67. The van der Waals surface area contributed by atoms with E-state index in [1.165, 1.54) is 5.56 Å². The quantitative estimate of drug-likeness (QED) is 0.795. The van der Waals surface area contributed by atoms with E-state index >= 15 is 0 Å². The van der Waals surface area contributed by atoms with Gasteiger partial charge in [0.25, 0.3) is 0 Å². The van der Waals surface area contributed by atoms with Crippen molar-refractivity contribution in [1.29, 1.82) is 0 Å². The topological polar surface area (TPSA) is 38.3 Å². The molecule has 3 rings (SSSR count). The predicted octanol–water partition coefficient (Wildman–Crippen LogP) is 4.52. The molecular formula is C21H23NO2. The fourth-order valence-corrected chi connectivity index (χ4v) is 3.02. The van der Waals surface area contributed by atoms with Crippen molar-refractivity contribution >= 4 is 5.97 Å². The van der Waals surface area contributed by atoms with Gasteiger partial charge in [0.2, 0.25) is 0 Å². The van der Waals surface area contributed by atoms with Gasteiger partial charge in [0.1, 0.15) is 0 Å². The molecule has 0 aromatic heterocycles. The highest BCUT2D eigenvalue weighted by Crippen LogP contribution is 2.30. The third-order valence-corrected chi connectivity index (χ3v) is 4.44. The van der Waals surface area contributed by atoms with Crippen LogP contribution >= 0.6 is 0 Å². The van der Waals surface area contributed by atoms with E-state index in [2.05, 4.69) is 35.8 Å². The molecule has 0 bridgehead atoms.